The topological polar surface area (TPSA) is 63.5 Å². The third-order valence-electron chi connectivity index (χ3n) is 5.66. The van der Waals surface area contributed by atoms with Gasteiger partial charge in [-0.15, -0.1) is 0 Å². The van der Waals surface area contributed by atoms with Gasteiger partial charge in [0.2, 0.25) is 6.23 Å². The van der Waals surface area contributed by atoms with Crippen LogP contribution >= 0.6 is 11.6 Å². The second kappa shape index (κ2) is 7.71. The first-order chi connectivity index (χ1) is 15.1. The number of methoxy groups -OCH3 is 2. The third-order valence-corrected chi connectivity index (χ3v) is 5.90. The number of phenolic OH excluding ortho intramolecular Hbond substituents is 1. The molecule has 0 radical (unpaired) electrons. The van der Waals surface area contributed by atoms with Gasteiger partial charge >= 0.3 is 0 Å². The highest BCUT2D eigenvalue weighted by Crippen LogP contribution is 2.48. The SMILES string of the molecule is COc1ccc([C@H]2Oc3ccccc3[C@H]3CC(c4cc(Cl)ccc4O)=NN32)cc1OC. The van der Waals surface area contributed by atoms with E-state index in [4.69, 9.17) is 30.9 Å². The number of aromatic hydroxyl groups is 1. The van der Waals surface area contributed by atoms with Gasteiger partial charge in [0.1, 0.15) is 11.5 Å². The van der Waals surface area contributed by atoms with Crippen LogP contribution < -0.4 is 14.2 Å². The van der Waals surface area contributed by atoms with E-state index in [2.05, 4.69) is 0 Å². The Bertz CT molecular complexity index is 1180. The standard InChI is InChI=1S/C24H21ClN2O4/c1-29-22-10-7-14(11-23(22)30-2)24-27-19(16-5-3-4-6-21(16)31-24)13-18(26-27)17-12-15(25)8-9-20(17)28/h3-12,19,24,28H,13H2,1-2H3/t19-,24-/m1/s1. The molecular weight excluding hydrogens is 416 g/mol. The Labute approximate surface area is 185 Å². The Morgan fingerprint density at radius 3 is 2.65 bits per heavy atom. The lowest BCUT2D eigenvalue weighted by molar-refractivity contribution is -0.0191. The molecule has 0 saturated carbocycles. The highest BCUT2D eigenvalue weighted by Gasteiger charge is 2.41. The van der Waals surface area contributed by atoms with Crippen molar-refractivity contribution in [2.24, 2.45) is 5.10 Å². The number of rotatable bonds is 4. The van der Waals surface area contributed by atoms with Gasteiger partial charge in [0.25, 0.3) is 0 Å². The van der Waals surface area contributed by atoms with Crippen LogP contribution in [0.15, 0.2) is 65.8 Å². The normalized spacial score (nSPS) is 19.2. The predicted octanol–water partition coefficient (Wildman–Crippen LogP) is 5.31. The third kappa shape index (κ3) is 3.33. The molecule has 31 heavy (non-hydrogen) atoms. The first-order valence-electron chi connectivity index (χ1n) is 9.91. The largest absolute Gasteiger partial charge is 0.507 e. The summed E-state index contributed by atoms with van der Waals surface area (Å²) in [6, 6.07) is 18.6. The molecule has 3 aromatic rings. The maximum Gasteiger partial charge on any atom is 0.214 e. The van der Waals surface area contributed by atoms with Crippen LogP contribution in [0.2, 0.25) is 5.02 Å². The smallest absolute Gasteiger partial charge is 0.214 e. The Morgan fingerprint density at radius 1 is 1.03 bits per heavy atom. The van der Waals surface area contributed by atoms with Crippen molar-refractivity contribution in [3.05, 3.63) is 82.4 Å². The van der Waals surface area contributed by atoms with Gasteiger partial charge < -0.3 is 19.3 Å². The summed E-state index contributed by atoms with van der Waals surface area (Å²) in [5.74, 6) is 2.23. The molecule has 0 amide bonds. The number of fused-ring (bicyclic) bond motifs is 3. The van der Waals surface area contributed by atoms with E-state index in [0.717, 1.165) is 22.6 Å². The molecule has 6 nitrogen and oxygen atoms in total. The van der Waals surface area contributed by atoms with Crippen molar-refractivity contribution in [3.63, 3.8) is 0 Å². The van der Waals surface area contributed by atoms with Gasteiger partial charge in [-0.1, -0.05) is 29.8 Å². The van der Waals surface area contributed by atoms with Gasteiger partial charge in [-0.3, -0.25) is 0 Å². The Balaban J connectivity index is 1.61. The summed E-state index contributed by atoms with van der Waals surface area (Å²) in [6.07, 6.45) is 0.163. The lowest BCUT2D eigenvalue weighted by Crippen LogP contribution is -2.33. The molecule has 0 saturated heterocycles. The fourth-order valence-electron chi connectivity index (χ4n) is 4.16. The summed E-state index contributed by atoms with van der Waals surface area (Å²) < 4.78 is 17.2. The molecule has 0 spiro atoms. The molecule has 3 aromatic carbocycles. The number of hydrogen-bond donors (Lipinski definition) is 1. The Morgan fingerprint density at radius 2 is 1.84 bits per heavy atom. The molecule has 0 bridgehead atoms. The molecule has 2 aliphatic heterocycles. The monoisotopic (exact) mass is 436 g/mol. The molecule has 7 heteroatoms. The molecule has 2 aliphatic rings. The zero-order chi connectivity index (χ0) is 21.5. The molecular formula is C24H21ClN2O4. The minimum Gasteiger partial charge on any atom is -0.507 e. The Kier molecular flexibility index (Phi) is 4.87. The van der Waals surface area contributed by atoms with Gasteiger partial charge in [0.05, 0.1) is 26.0 Å². The number of para-hydroxylation sites is 1. The van der Waals surface area contributed by atoms with Gasteiger partial charge in [-0.05, 0) is 42.5 Å². The lowest BCUT2D eigenvalue weighted by Gasteiger charge is -2.38. The van der Waals surface area contributed by atoms with Crippen molar-refractivity contribution in [2.75, 3.05) is 14.2 Å². The van der Waals surface area contributed by atoms with Crippen molar-refractivity contribution in [3.8, 4) is 23.0 Å². The highest BCUT2D eigenvalue weighted by atomic mass is 35.5. The van der Waals surface area contributed by atoms with Crippen LogP contribution in [-0.2, 0) is 0 Å². The van der Waals surface area contributed by atoms with Crippen molar-refractivity contribution < 1.29 is 19.3 Å². The van der Waals surface area contributed by atoms with Crippen LogP contribution in [0, 0.1) is 0 Å². The predicted molar refractivity (Wildman–Crippen MR) is 118 cm³/mol. The van der Waals surface area contributed by atoms with Crippen LogP contribution in [0.4, 0.5) is 0 Å². The number of ether oxygens (including phenoxy) is 3. The summed E-state index contributed by atoms with van der Waals surface area (Å²) in [7, 11) is 3.21. The van der Waals surface area contributed by atoms with Crippen LogP contribution in [0.1, 0.15) is 35.4 Å². The molecule has 0 fully saturated rings. The Hall–Kier alpha value is -3.38. The fraction of sp³-hybridized carbons (Fsp3) is 0.208. The van der Waals surface area contributed by atoms with Crippen LogP contribution in [-0.4, -0.2) is 30.0 Å². The average Bonchev–Trinajstić information content (AvgIpc) is 3.25. The van der Waals surface area contributed by atoms with E-state index < -0.39 is 6.23 Å². The zero-order valence-corrected chi connectivity index (χ0v) is 17.8. The maximum absolute atomic E-state index is 10.4. The van der Waals surface area contributed by atoms with E-state index in [1.807, 2.05) is 47.5 Å². The summed E-state index contributed by atoms with van der Waals surface area (Å²) in [4.78, 5) is 0. The van der Waals surface area contributed by atoms with Gasteiger partial charge in [0, 0.05) is 28.1 Å². The lowest BCUT2D eigenvalue weighted by atomic mass is 9.95. The van der Waals surface area contributed by atoms with E-state index >= 15 is 0 Å². The summed E-state index contributed by atoms with van der Waals surface area (Å²) in [5.41, 5.74) is 3.33. The van der Waals surface area contributed by atoms with E-state index in [9.17, 15) is 5.11 Å². The van der Waals surface area contributed by atoms with E-state index in [0.29, 0.717) is 28.5 Å². The van der Waals surface area contributed by atoms with E-state index in [1.165, 1.54) is 0 Å². The van der Waals surface area contributed by atoms with Gasteiger partial charge in [0.15, 0.2) is 11.5 Å². The average molecular weight is 437 g/mol. The van der Waals surface area contributed by atoms with Crippen molar-refractivity contribution in [1.82, 2.24) is 5.01 Å². The highest BCUT2D eigenvalue weighted by molar-refractivity contribution is 6.31. The number of benzene rings is 3. The molecule has 1 N–H and O–H groups in total. The maximum atomic E-state index is 10.4. The van der Waals surface area contributed by atoms with Crippen LogP contribution in [0.25, 0.3) is 0 Å². The molecule has 0 unspecified atom stereocenters. The minimum atomic E-state index is -0.460. The summed E-state index contributed by atoms with van der Waals surface area (Å²) >= 11 is 6.19. The van der Waals surface area contributed by atoms with E-state index in [1.54, 1.807) is 32.4 Å². The zero-order valence-electron chi connectivity index (χ0n) is 17.1. The van der Waals surface area contributed by atoms with Crippen LogP contribution in [0.3, 0.4) is 0 Å². The van der Waals surface area contributed by atoms with Crippen LogP contribution in [0.5, 0.6) is 23.0 Å². The first kappa shape index (κ1) is 19.6. The van der Waals surface area contributed by atoms with Crippen molar-refractivity contribution in [2.45, 2.75) is 18.7 Å². The van der Waals surface area contributed by atoms with E-state index in [-0.39, 0.29) is 11.8 Å². The van der Waals surface area contributed by atoms with Gasteiger partial charge in [-0.25, -0.2) is 5.01 Å². The second-order valence-electron chi connectivity index (χ2n) is 7.43. The number of hydrogen-bond acceptors (Lipinski definition) is 6. The summed E-state index contributed by atoms with van der Waals surface area (Å²) in [6.45, 7) is 0. The molecule has 5 rings (SSSR count). The quantitative estimate of drug-likeness (QED) is 0.600. The molecule has 158 valence electrons. The van der Waals surface area contributed by atoms with Crippen molar-refractivity contribution in [1.29, 1.82) is 0 Å². The number of nitrogens with zero attached hydrogens (tertiary/aromatic N) is 2. The molecule has 0 aromatic heterocycles. The molecule has 0 aliphatic carbocycles. The second-order valence-corrected chi connectivity index (χ2v) is 7.87. The minimum absolute atomic E-state index is 0.0311. The first-order valence-corrected chi connectivity index (χ1v) is 10.3. The molecule has 2 atom stereocenters. The van der Waals surface area contributed by atoms with Gasteiger partial charge in [-0.2, -0.15) is 5.10 Å². The number of phenols is 1. The van der Waals surface area contributed by atoms with Crippen molar-refractivity contribution >= 4 is 17.3 Å². The fourth-order valence-corrected chi connectivity index (χ4v) is 4.33. The number of halogens is 1. The number of hydrazone groups is 1. The molecule has 2 heterocycles. The summed E-state index contributed by atoms with van der Waals surface area (Å²) in [5, 5.41) is 17.8.